The predicted octanol–water partition coefficient (Wildman–Crippen LogP) is 0.993. The van der Waals surface area contributed by atoms with Crippen molar-refractivity contribution in [2.45, 2.75) is 38.7 Å². The van der Waals surface area contributed by atoms with Crippen LogP contribution in [0.1, 0.15) is 33.6 Å². The molecule has 0 unspecified atom stereocenters. The summed E-state index contributed by atoms with van der Waals surface area (Å²) in [6, 6.07) is 0. The van der Waals surface area contributed by atoms with E-state index in [4.69, 9.17) is 13.3 Å². The average molecular weight is 238 g/mol. The Morgan fingerprint density at radius 1 is 1.00 bits per heavy atom. The fourth-order valence-corrected chi connectivity index (χ4v) is 4.57. The standard InChI is InChI=1S/C9H22O3Si.H4Si/c1-7-8-9(2,3)13(10-4,11-5)12-6;/h7-8H2,1-6H3;1H4. The van der Waals surface area contributed by atoms with Crippen molar-refractivity contribution in [1.29, 1.82) is 0 Å². The van der Waals surface area contributed by atoms with Gasteiger partial charge in [-0.2, -0.15) is 0 Å². The predicted molar refractivity (Wildman–Crippen MR) is 67.1 cm³/mol. The smallest absolute Gasteiger partial charge is 0.377 e. The first-order valence-corrected chi connectivity index (χ1v) is 6.37. The Balaban J connectivity index is 0. The molecule has 0 saturated carbocycles. The van der Waals surface area contributed by atoms with Crippen molar-refractivity contribution in [3.05, 3.63) is 0 Å². The zero-order chi connectivity index (χ0) is 10.5. The van der Waals surface area contributed by atoms with Crippen LogP contribution < -0.4 is 0 Å². The molecule has 0 heterocycles. The highest BCUT2D eigenvalue weighted by Gasteiger charge is 2.52. The summed E-state index contributed by atoms with van der Waals surface area (Å²) in [5.74, 6) is 0. The molecule has 88 valence electrons. The van der Waals surface area contributed by atoms with Crippen LogP contribution in [0.2, 0.25) is 5.04 Å². The summed E-state index contributed by atoms with van der Waals surface area (Å²) < 4.78 is 16.3. The van der Waals surface area contributed by atoms with Crippen molar-refractivity contribution in [2.75, 3.05) is 21.3 Å². The number of hydrogen-bond acceptors (Lipinski definition) is 3. The van der Waals surface area contributed by atoms with Crippen LogP contribution in [0.15, 0.2) is 0 Å². The molecule has 0 aromatic rings. The maximum Gasteiger partial charge on any atom is 0.506 e. The molecule has 0 atom stereocenters. The van der Waals surface area contributed by atoms with Gasteiger partial charge in [-0.05, 0) is 17.4 Å². The molecule has 0 spiro atoms. The van der Waals surface area contributed by atoms with Crippen molar-refractivity contribution in [1.82, 2.24) is 0 Å². The zero-order valence-corrected chi connectivity index (χ0v) is 10.6. The number of rotatable bonds is 6. The molecular formula is C9H26O3Si2. The first kappa shape index (κ1) is 16.7. The first-order chi connectivity index (χ1) is 5.99. The second-order valence-electron chi connectivity index (χ2n) is 3.80. The van der Waals surface area contributed by atoms with Crippen LogP contribution >= 0.6 is 0 Å². The van der Waals surface area contributed by atoms with E-state index < -0.39 is 8.80 Å². The van der Waals surface area contributed by atoms with Crippen LogP contribution in [0.4, 0.5) is 0 Å². The molecule has 0 aliphatic heterocycles. The van der Waals surface area contributed by atoms with Crippen LogP contribution in [0.25, 0.3) is 0 Å². The minimum atomic E-state index is -2.47. The van der Waals surface area contributed by atoms with E-state index in [-0.39, 0.29) is 16.0 Å². The van der Waals surface area contributed by atoms with Crippen LogP contribution in [0.5, 0.6) is 0 Å². The molecule has 0 bridgehead atoms. The lowest BCUT2D eigenvalue weighted by Crippen LogP contribution is -2.52. The third-order valence-electron chi connectivity index (χ3n) is 2.51. The lowest BCUT2D eigenvalue weighted by molar-refractivity contribution is 0.0931. The molecule has 0 amide bonds. The number of hydrogen-bond donors (Lipinski definition) is 0. The van der Waals surface area contributed by atoms with Gasteiger partial charge in [-0.15, -0.1) is 0 Å². The van der Waals surface area contributed by atoms with Gasteiger partial charge in [0.1, 0.15) is 0 Å². The molecule has 0 fully saturated rings. The molecular weight excluding hydrogens is 212 g/mol. The van der Waals surface area contributed by atoms with Gasteiger partial charge in [0.2, 0.25) is 0 Å². The third-order valence-corrected chi connectivity index (χ3v) is 6.03. The van der Waals surface area contributed by atoms with Gasteiger partial charge in [-0.1, -0.05) is 27.2 Å². The minimum absolute atomic E-state index is 0. The Morgan fingerprint density at radius 2 is 1.36 bits per heavy atom. The molecule has 0 N–H and O–H groups in total. The van der Waals surface area contributed by atoms with Crippen molar-refractivity contribution in [3.8, 4) is 0 Å². The van der Waals surface area contributed by atoms with E-state index in [0.29, 0.717) is 0 Å². The van der Waals surface area contributed by atoms with E-state index in [1.165, 1.54) is 0 Å². The molecule has 0 radical (unpaired) electrons. The van der Waals surface area contributed by atoms with Crippen molar-refractivity contribution < 1.29 is 13.3 Å². The lowest BCUT2D eigenvalue weighted by Gasteiger charge is -2.38. The van der Waals surface area contributed by atoms with Crippen molar-refractivity contribution in [2.24, 2.45) is 0 Å². The van der Waals surface area contributed by atoms with Gasteiger partial charge in [0.25, 0.3) is 0 Å². The monoisotopic (exact) mass is 238 g/mol. The molecule has 0 saturated heterocycles. The third kappa shape index (κ3) is 3.17. The maximum atomic E-state index is 5.45. The topological polar surface area (TPSA) is 27.7 Å². The molecule has 5 heteroatoms. The van der Waals surface area contributed by atoms with E-state index in [0.717, 1.165) is 12.8 Å². The van der Waals surface area contributed by atoms with Crippen LogP contribution in [-0.4, -0.2) is 41.1 Å². The van der Waals surface area contributed by atoms with E-state index in [1.807, 2.05) is 0 Å². The highest BCUT2D eigenvalue weighted by molar-refractivity contribution is 6.64. The van der Waals surface area contributed by atoms with Gasteiger partial charge in [0.05, 0.1) is 0 Å². The van der Waals surface area contributed by atoms with Gasteiger partial charge < -0.3 is 13.3 Å². The van der Waals surface area contributed by atoms with Crippen LogP contribution in [0, 0.1) is 0 Å². The zero-order valence-electron chi connectivity index (χ0n) is 9.64. The van der Waals surface area contributed by atoms with Crippen LogP contribution in [-0.2, 0) is 13.3 Å². The van der Waals surface area contributed by atoms with E-state index in [2.05, 4.69) is 20.8 Å². The summed E-state index contributed by atoms with van der Waals surface area (Å²) in [7, 11) is 2.52. The van der Waals surface area contributed by atoms with Crippen LogP contribution in [0.3, 0.4) is 0 Å². The summed E-state index contributed by atoms with van der Waals surface area (Å²) in [6.45, 7) is 6.43. The molecule has 0 aliphatic carbocycles. The van der Waals surface area contributed by atoms with Crippen molar-refractivity contribution >= 4 is 19.8 Å². The highest BCUT2D eigenvalue weighted by Crippen LogP contribution is 2.42. The normalized spacial score (nSPS) is 12.4. The first-order valence-electron chi connectivity index (χ1n) is 4.65. The SMILES string of the molecule is CCCC(C)(C)[Si](OC)(OC)OC.[SiH4]. The Kier molecular flexibility index (Phi) is 8.05. The second-order valence-corrected chi connectivity index (χ2v) is 7.49. The fraction of sp³-hybridized carbons (Fsp3) is 1.00. The molecule has 0 aromatic heterocycles. The fourth-order valence-electron chi connectivity index (χ4n) is 1.86. The molecule has 14 heavy (non-hydrogen) atoms. The summed E-state index contributed by atoms with van der Waals surface area (Å²) in [5, 5.41) is -0.0139. The summed E-state index contributed by atoms with van der Waals surface area (Å²) in [5.41, 5.74) is 0. The summed E-state index contributed by atoms with van der Waals surface area (Å²) in [4.78, 5) is 0. The van der Waals surface area contributed by atoms with Gasteiger partial charge in [0.15, 0.2) is 0 Å². The van der Waals surface area contributed by atoms with E-state index in [9.17, 15) is 0 Å². The van der Waals surface area contributed by atoms with Crippen molar-refractivity contribution in [3.63, 3.8) is 0 Å². The Bertz CT molecular complexity index is 139. The Morgan fingerprint density at radius 3 is 1.57 bits per heavy atom. The minimum Gasteiger partial charge on any atom is -0.377 e. The van der Waals surface area contributed by atoms with Gasteiger partial charge in [-0.25, -0.2) is 0 Å². The molecule has 0 aliphatic rings. The Hall–Kier alpha value is 0.314. The molecule has 0 aromatic carbocycles. The average Bonchev–Trinajstić information content (AvgIpc) is 2.07. The van der Waals surface area contributed by atoms with Gasteiger partial charge >= 0.3 is 8.80 Å². The van der Waals surface area contributed by atoms with Gasteiger partial charge in [0, 0.05) is 26.4 Å². The highest BCUT2D eigenvalue weighted by atomic mass is 28.4. The van der Waals surface area contributed by atoms with Gasteiger partial charge in [-0.3, -0.25) is 0 Å². The maximum absolute atomic E-state index is 5.45. The molecule has 3 nitrogen and oxygen atoms in total. The van der Waals surface area contributed by atoms with E-state index >= 15 is 0 Å². The lowest BCUT2D eigenvalue weighted by atomic mass is 10.1. The second kappa shape index (κ2) is 6.73. The van der Waals surface area contributed by atoms with E-state index in [1.54, 1.807) is 21.3 Å². The summed E-state index contributed by atoms with van der Waals surface area (Å²) in [6.07, 6.45) is 2.16. The largest absolute Gasteiger partial charge is 0.506 e. The quantitative estimate of drug-likeness (QED) is 0.646. The Labute approximate surface area is 93.5 Å². The molecule has 0 rings (SSSR count). The summed E-state index contributed by atoms with van der Waals surface area (Å²) >= 11 is 0.